The van der Waals surface area contributed by atoms with Crippen molar-refractivity contribution in [2.24, 2.45) is 0 Å². The lowest BCUT2D eigenvalue weighted by Gasteiger charge is -2.15. The standard InChI is InChI=1S/C8H18N2/c1-7(9-2)6-8-4-3-5-10-8/h7-10H,3-6H2,1-2H3. The third-order valence-corrected chi connectivity index (χ3v) is 2.29. The lowest BCUT2D eigenvalue weighted by molar-refractivity contribution is 0.464. The van der Waals surface area contributed by atoms with Gasteiger partial charge in [-0.05, 0) is 39.8 Å². The predicted octanol–water partition coefficient (Wildman–Crippen LogP) is 0.736. The van der Waals surface area contributed by atoms with Crippen LogP contribution in [0.2, 0.25) is 0 Å². The van der Waals surface area contributed by atoms with Crippen molar-refractivity contribution in [3.63, 3.8) is 0 Å². The largest absolute Gasteiger partial charge is 0.317 e. The Morgan fingerprint density at radius 2 is 2.50 bits per heavy atom. The zero-order chi connectivity index (χ0) is 7.40. The van der Waals surface area contributed by atoms with Crippen LogP contribution in [0.25, 0.3) is 0 Å². The molecule has 0 amide bonds. The summed E-state index contributed by atoms with van der Waals surface area (Å²) in [4.78, 5) is 0. The first-order chi connectivity index (χ1) is 4.83. The Morgan fingerprint density at radius 1 is 1.70 bits per heavy atom. The Labute approximate surface area is 63.4 Å². The lowest BCUT2D eigenvalue weighted by atomic mass is 10.1. The average Bonchev–Trinajstić information content (AvgIpc) is 2.40. The van der Waals surface area contributed by atoms with Crippen LogP contribution in [-0.4, -0.2) is 25.7 Å². The molecular formula is C8H18N2. The van der Waals surface area contributed by atoms with Crippen LogP contribution in [0.4, 0.5) is 0 Å². The number of hydrogen-bond acceptors (Lipinski definition) is 2. The minimum absolute atomic E-state index is 0.663. The van der Waals surface area contributed by atoms with E-state index in [1.807, 2.05) is 7.05 Å². The van der Waals surface area contributed by atoms with Crippen molar-refractivity contribution < 1.29 is 0 Å². The van der Waals surface area contributed by atoms with E-state index < -0.39 is 0 Å². The quantitative estimate of drug-likeness (QED) is 0.607. The van der Waals surface area contributed by atoms with E-state index in [2.05, 4.69) is 17.6 Å². The SMILES string of the molecule is CNC(C)CC1CCCN1. The summed E-state index contributed by atoms with van der Waals surface area (Å²) in [6.45, 7) is 3.46. The van der Waals surface area contributed by atoms with Crippen molar-refractivity contribution in [1.82, 2.24) is 10.6 Å². The number of nitrogens with one attached hydrogen (secondary N) is 2. The van der Waals surface area contributed by atoms with E-state index in [0.717, 1.165) is 6.04 Å². The lowest BCUT2D eigenvalue weighted by Crippen LogP contribution is -2.31. The van der Waals surface area contributed by atoms with Crippen molar-refractivity contribution in [2.45, 2.75) is 38.3 Å². The summed E-state index contributed by atoms with van der Waals surface area (Å²) in [6.07, 6.45) is 4.00. The molecule has 1 aliphatic heterocycles. The minimum atomic E-state index is 0.663. The van der Waals surface area contributed by atoms with Crippen LogP contribution in [0, 0.1) is 0 Å². The Hall–Kier alpha value is -0.0800. The summed E-state index contributed by atoms with van der Waals surface area (Å²) in [7, 11) is 2.03. The topological polar surface area (TPSA) is 24.1 Å². The van der Waals surface area contributed by atoms with Gasteiger partial charge in [-0.1, -0.05) is 0 Å². The second kappa shape index (κ2) is 3.94. The van der Waals surface area contributed by atoms with Crippen LogP contribution in [0.15, 0.2) is 0 Å². The molecule has 1 rings (SSSR count). The molecule has 1 saturated heterocycles. The van der Waals surface area contributed by atoms with Crippen LogP contribution < -0.4 is 10.6 Å². The molecule has 0 aliphatic carbocycles. The van der Waals surface area contributed by atoms with Gasteiger partial charge in [0.25, 0.3) is 0 Å². The van der Waals surface area contributed by atoms with Crippen LogP contribution in [0.5, 0.6) is 0 Å². The molecule has 1 aliphatic rings. The van der Waals surface area contributed by atoms with E-state index in [0.29, 0.717) is 6.04 Å². The van der Waals surface area contributed by atoms with Gasteiger partial charge in [-0.25, -0.2) is 0 Å². The molecule has 0 aromatic carbocycles. The van der Waals surface area contributed by atoms with Crippen molar-refractivity contribution in [3.8, 4) is 0 Å². The molecule has 60 valence electrons. The molecule has 0 saturated carbocycles. The molecule has 0 aromatic rings. The molecule has 2 heteroatoms. The molecule has 2 N–H and O–H groups in total. The fourth-order valence-corrected chi connectivity index (χ4v) is 1.50. The summed E-state index contributed by atoms with van der Waals surface area (Å²) in [6, 6.07) is 1.44. The molecule has 2 unspecified atom stereocenters. The Balaban J connectivity index is 2.11. The predicted molar refractivity (Wildman–Crippen MR) is 44.2 cm³/mol. The first-order valence-corrected chi connectivity index (χ1v) is 4.23. The monoisotopic (exact) mass is 142 g/mol. The van der Waals surface area contributed by atoms with E-state index >= 15 is 0 Å². The van der Waals surface area contributed by atoms with Gasteiger partial charge in [-0.2, -0.15) is 0 Å². The van der Waals surface area contributed by atoms with E-state index in [1.165, 1.54) is 25.8 Å². The zero-order valence-electron chi connectivity index (χ0n) is 6.98. The molecule has 0 aromatic heterocycles. The third kappa shape index (κ3) is 2.27. The second-order valence-electron chi connectivity index (χ2n) is 3.22. The first-order valence-electron chi connectivity index (χ1n) is 4.23. The molecule has 2 nitrogen and oxygen atoms in total. The highest BCUT2D eigenvalue weighted by molar-refractivity contribution is 4.77. The van der Waals surface area contributed by atoms with Crippen LogP contribution in [0.3, 0.4) is 0 Å². The van der Waals surface area contributed by atoms with E-state index in [-0.39, 0.29) is 0 Å². The van der Waals surface area contributed by atoms with Gasteiger partial charge in [-0.15, -0.1) is 0 Å². The van der Waals surface area contributed by atoms with Crippen molar-refractivity contribution in [1.29, 1.82) is 0 Å². The number of rotatable bonds is 3. The van der Waals surface area contributed by atoms with E-state index in [9.17, 15) is 0 Å². The fraction of sp³-hybridized carbons (Fsp3) is 1.00. The van der Waals surface area contributed by atoms with Gasteiger partial charge in [0.15, 0.2) is 0 Å². The Bertz CT molecular complexity index is 87.3. The molecule has 0 radical (unpaired) electrons. The average molecular weight is 142 g/mol. The number of hydrogen-bond donors (Lipinski definition) is 2. The van der Waals surface area contributed by atoms with Crippen molar-refractivity contribution in [3.05, 3.63) is 0 Å². The normalized spacial score (nSPS) is 28.8. The highest BCUT2D eigenvalue weighted by Gasteiger charge is 2.15. The Kier molecular flexibility index (Phi) is 3.16. The van der Waals surface area contributed by atoms with Gasteiger partial charge in [0.1, 0.15) is 0 Å². The van der Waals surface area contributed by atoms with Crippen LogP contribution >= 0.6 is 0 Å². The van der Waals surface area contributed by atoms with Gasteiger partial charge >= 0.3 is 0 Å². The van der Waals surface area contributed by atoms with E-state index in [1.54, 1.807) is 0 Å². The van der Waals surface area contributed by atoms with Gasteiger partial charge < -0.3 is 10.6 Å². The molecule has 1 heterocycles. The third-order valence-electron chi connectivity index (χ3n) is 2.29. The molecule has 10 heavy (non-hydrogen) atoms. The summed E-state index contributed by atoms with van der Waals surface area (Å²) in [5, 5.41) is 6.73. The van der Waals surface area contributed by atoms with Crippen molar-refractivity contribution in [2.75, 3.05) is 13.6 Å². The highest BCUT2D eigenvalue weighted by atomic mass is 15.0. The summed E-state index contributed by atoms with van der Waals surface area (Å²) >= 11 is 0. The molecule has 2 atom stereocenters. The maximum absolute atomic E-state index is 3.48. The van der Waals surface area contributed by atoms with Gasteiger partial charge in [0.2, 0.25) is 0 Å². The maximum Gasteiger partial charge on any atom is 0.00822 e. The Morgan fingerprint density at radius 3 is 3.00 bits per heavy atom. The summed E-state index contributed by atoms with van der Waals surface area (Å²) in [5.74, 6) is 0. The smallest absolute Gasteiger partial charge is 0.00822 e. The maximum atomic E-state index is 3.48. The fourth-order valence-electron chi connectivity index (χ4n) is 1.50. The molecule has 0 spiro atoms. The van der Waals surface area contributed by atoms with Crippen LogP contribution in [-0.2, 0) is 0 Å². The van der Waals surface area contributed by atoms with Gasteiger partial charge in [0.05, 0.1) is 0 Å². The summed E-state index contributed by atoms with van der Waals surface area (Å²) in [5.41, 5.74) is 0. The minimum Gasteiger partial charge on any atom is -0.317 e. The van der Waals surface area contributed by atoms with E-state index in [4.69, 9.17) is 0 Å². The molecule has 1 fully saturated rings. The van der Waals surface area contributed by atoms with Gasteiger partial charge in [0, 0.05) is 12.1 Å². The summed E-state index contributed by atoms with van der Waals surface area (Å²) < 4.78 is 0. The highest BCUT2D eigenvalue weighted by Crippen LogP contribution is 2.10. The van der Waals surface area contributed by atoms with Crippen molar-refractivity contribution >= 4 is 0 Å². The second-order valence-corrected chi connectivity index (χ2v) is 3.22. The van der Waals surface area contributed by atoms with Gasteiger partial charge in [-0.3, -0.25) is 0 Å². The van der Waals surface area contributed by atoms with Crippen LogP contribution in [0.1, 0.15) is 26.2 Å². The molecule has 0 bridgehead atoms. The first kappa shape index (κ1) is 8.02. The zero-order valence-corrected chi connectivity index (χ0v) is 6.98. The molecular weight excluding hydrogens is 124 g/mol.